The highest BCUT2D eigenvalue weighted by molar-refractivity contribution is 6.29. The Bertz CT molecular complexity index is 756. The first-order valence-corrected chi connectivity index (χ1v) is 5.70. The van der Waals surface area contributed by atoms with Gasteiger partial charge in [0, 0.05) is 22.7 Å². The summed E-state index contributed by atoms with van der Waals surface area (Å²) in [6, 6.07) is 7.13. The zero-order valence-corrected chi connectivity index (χ0v) is 9.95. The molecule has 1 aliphatic rings. The number of carbonyl (C=O) groups is 1. The van der Waals surface area contributed by atoms with Crippen molar-refractivity contribution in [3.63, 3.8) is 0 Å². The molecule has 1 aliphatic heterocycles. The number of nitrogens with zero attached hydrogens (tertiary/aromatic N) is 1. The third-order valence-electron chi connectivity index (χ3n) is 2.96. The first-order valence-electron chi connectivity index (χ1n) is 5.70. The molecule has 1 aromatic heterocycles. The number of rotatable bonds is 1. The minimum Gasteiger partial charge on any atom is -0.361 e. The minimum atomic E-state index is -4.67. The van der Waals surface area contributed by atoms with E-state index in [1.54, 1.807) is 30.5 Å². The van der Waals surface area contributed by atoms with E-state index in [4.69, 9.17) is 0 Å². The Labute approximate surface area is 111 Å². The summed E-state index contributed by atoms with van der Waals surface area (Å²) in [5.74, 6) is -0.859. The first kappa shape index (κ1) is 12.5. The Balaban J connectivity index is 2.11. The van der Waals surface area contributed by atoms with E-state index in [0.29, 0.717) is 5.56 Å². The molecule has 0 saturated heterocycles. The van der Waals surface area contributed by atoms with Gasteiger partial charge in [-0.15, -0.1) is 0 Å². The molecule has 1 amide bonds. The standard InChI is InChI=1S/C13H8F3N3O/c14-13(15,16)11-9(12(20)19-18-11)5-7-6-17-10-4-2-1-3-8(7)10/h1-6,17H,(H,19,20)/b9-5-. The number of benzene rings is 1. The maximum absolute atomic E-state index is 12.8. The number of hydrogen-bond acceptors (Lipinski definition) is 2. The monoisotopic (exact) mass is 279 g/mol. The van der Waals surface area contributed by atoms with Crippen LogP contribution in [0, 0.1) is 0 Å². The number of aromatic amines is 1. The maximum Gasteiger partial charge on any atom is 0.435 e. The van der Waals surface area contributed by atoms with Gasteiger partial charge in [0.25, 0.3) is 5.91 Å². The average molecular weight is 279 g/mol. The molecule has 0 bridgehead atoms. The predicted octanol–water partition coefficient (Wildman–Crippen LogP) is 2.60. The molecule has 3 rings (SSSR count). The molecular weight excluding hydrogens is 271 g/mol. The van der Waals surface area contributed by atoms with Gasteiger partial charge in [-0.1, -0.05) is 18.2 Å². The van der Waals surface area contributed by atoms with Crippen LogP contribution in [0.5, 0.6) is 0 Å². The average Bonchev–Trinajstić information content (AvgIpc) is 2.95. The van der Waals surface area contributed by atoms with E-state index >= 15 is 0 Å². The molecule has 7 heteroatoms. The van der Waals surface area contributed by atoms with Crippen molar-refractivity contribution in [1.82, 2.24) is 10.4 Å². The van der Waals surface area contributed by atoms with Crippen molar-refractivity contribution in [2.45, 2.75) is 6.18 Å². The summed E-state index contributed by atoms with van der Waals surface area (Å²) in [5, 5.41) is 3.78. The lowest BCUT2D eigenvalue weighted by atomic mass is 10.1. The molecule has 0 unspecified atom stereocenters. The van der Waals surface area contributed by atoms with Crippen LogP contribution < -0.4 is 5.43 Å². The van der Waals surface area contributed by atoms with Gasteiger partial charge < -0.3 is 4.98 Å². The van der Waals surface area contributed by atoms with Gasteiger partial charge in [-0.2, -0.15) is 18.3 Å². The molecular formula is C13H8F3N3O. The van der Waals surface area contributed by atoms with Gasteiger partial charge in [0.05, 0.1) is 5.57 Å². The largest absolute Gasteiger partial charge is 0.435 e. The maximum atomic E-state index is 12.8. The van der Waals surface area contributed by atoms with Gasteiger partial charge >= 0.3 is 6.18 Å². The van der Waals surface area contributed by atoms with Crippen LogP contribution in [0.4, 0.5) is 13.2 Å². The SMILES string of the molecule is O=C1NN=C(C(F)(F)F)/C1=C/c1c[nH]c2ccccc12. The Kier molecular flexibility index (Phi) is 2.63. The number of amides is 1. The summed E-state index contributed by atoms with van der Waals surface area (Å²) in [6.07, 6.45) is -1.93. The van der Waals surface area contributed by atoms with E-state index in [9.17, 15) is 18.0 Å². The lowest BCUT2D eigenvalue weighted by Gasteiger charge is -2.05. The van der Waals surface area contributed by atoms with Crippen molar-refractivity contribution in [2.75, 3.05) is 0 Å². The number of fused-ring (bicyclic) bond motifs is 1. The number of carbonyl (C=O) groups excluding carboxylic acids is 1. The van der Waals surface area contributed by atoms with Gasteiger partial charge in [-0.05, 0) is 12.1 Å². The zero-order chi connectivity index (χ0) is 14.3. The van der Waals surface area contributed by atoms with Gasteiger partial charge in [-0.25, -0.2) is 5.43 Å². The van der Waals surface area contributed by atoms with Crippen molar-refractivity contribution in [3.05, 3.63) is 41.6 Å². The second-order valence-corrected chi connectivity index (χ2v) is 4.25. The molecule has 0 fully saturated rings. The Hall–Kier alpha value is -2.57. The van der Waals surface area contributed by atoms with Crippen molar-refractivity contribution in [1.29, 1.82) is 0 Å². The summed E-state index contributed by atoms with van der Waals surface area (Å²) in [4.78, 5) is 14.4. The lowest BCUT2D eigenvalue weighted by molar-refractivity contribution is -0.116. The highest BCUT2D eigenvalue weighted by Gasteiger charge is 2.43. The van der Waals surface area contributed by atoms with Crippen LogP contribution in [0.3, 0.4) is 0 Å². The Morgan fingerprint density at radius 2 is 1.95 bits per heavy atom. The van der Waals surface area contributed by atoms with Crippen LogP contribution in [0.15, 0.2) is 41.1 Å². The van der Waals surface area contributed by atoms with Gasteiger partial charge in [0.2, 0.25) is 0 Å². The second-order valence-electron chi connectivity index (χ2n) is 4.25. The molecule has 0 atom stereocenters. The molecule has 1 aromatic carbocycles. The number of aromatic nitrogens is 1. The van der Waals surface area contributed by atoms with Gasteiger partial charge in [-0.3, -0.25) is 4.79 Å². The highest BCUT2D eigenvalue weighted by atomic mass is 19.4. The summed E-state index contributed by atoms with van der Waals surface area (Å²) in [7, 11) is 0. The summed E-state index contributed by atoms with van der Waals surface area (Å²) < 4.78 is 38.3. The molecule has 0 saturated carbocycles. The molecule has 2 heterocycles. The molecule has 0 spiro atoms. The molecule has 102 valence electrons. The summed E-state index contributed by atoms with van der Waals surface area (Å²) in [5.41, 5.74) is 1.44. The molecule has 0 aliphatic carbocycles. The number of alkyl halides is 3. The zero-order valence-electron chi connectivity index (χ0n) is 9.95. The Morgan fingerprint density at radius 3 is 2.70 bits per heavy atom. The third-order valence-corrected chi connectivity index (χ3v) is 2.96. The molecule has 20 heavy (non-hydrogen) atoms. The number of halogens is 3. The van der Waals surface area contributed by atoms with E-state index in [1.807, 2.05) is 5.43 Å². The summed E-state index contributed by atoms with van der Waals surface area (Å²) >= 11 is 0. The minimum absolute atomic E-state index is 0.484. The van der Waals surface area contributed by atoms with E-state index in [1.165, 1.54) is 6.08 Å². The lowest BCUT2D eigenvalue weighted by Crippen LogP contribution is -2.24. The van der Waals surface area contributed by atoms with Crippen LogP contribution in [0.2, 0.25) is 0 Å². The second kappa shape index (κ2) is 4.22. The third kappa shape index (κ3) is 1.97. The normalized spacial score (nSPS) is 17.6. The van der Waals surface area contributed by atoms with Crippen molar-refractivity contribution in [3.8, 4) is 0 Å². The smallest absolute Gasteiger partial charge is 0.361 e. The number of hydrogen-bond donors (Lipinski definition) is 2. The number of nitrogens with one attached hydrogen (secondary N) is 2. The van der Waals surface area contributed by atoms with Crippen molar-refractivity contribution in [2.24, 2.45) is 5.10 Å². The van der Waals surface area contributed by atoms with Crippen molar-refractivity contribution < 1.29 is 18.0 Å². The quantitative estimate of drug-likeness (QED) is 0.774. The number of para-hydroxylation sites is 1. The molecule has 4 nitrogen and oxygen atoms in total. The van der Waals surface area contributed by atoms with Gasteiger partial charge in [0.15, 0.2) is 5.71 Å². The molecule has 2 aromatic rings. The highest BCUT2D eigenvalue weighted by Crippen LogP contribution is 2.28. The van der Waals surface area contributed by atoms with Crippen LogP contribution in [-0.4, -0.2) is 22.8 Å². The molecule has 2 N–H and O–H groups in total. The fourth-order valence-corrected chi connectivity index (χ4v) is 2.05. The van der Waals surface area contributed by atoms with E-state index < -0.39 is 23.4 Å². The van der Waals surface area contributed by atoms with Gasteiger partial charge in [0.1, 0.15) is 0 Å². The van der Waals surface area contributed by atoms with Crippen LogP contribution in [-0.2, 0) is 4.79 Å². The van der Waals surface area contributed by atoms with E-state index in [2.05, 4.69) is 10.1 Å². The van der Waals surface area contributed by atoms with Crippen LogP contribution in [0.1, 0.15) is 5.56 Å². The van der Waals surface area contributed by atoms with Crippen molar-refractivity contribution >= 4 is 28.6 Å². The molecule has 0 radical (unpaired) electrons. The Morgan fingerprint density at radius 1 is 1.20 bits per heavy atom. The fraction of sp³-hybridized carbons (Fsp3) is 0.0769. The summed E-state index contributed by atoms with van der Waals surface area (Å²) in [6.45, 7) is 0. The van der Waals surface area contributed by atoms with Crippen LogP contribution in [0.25, 0.3) is 17.0 Å². The number of H-pyrrole nitrogens is 1. The first-order chi connectivity index (χ1) is 9.47. The fourth-order valence-electron chi connectivity index (χ4n) is 2.05. The van der Waals surface area contributed by atoms with E-state index in [0.717, 1.165) is 10.9 Å². The van der Waals surface area contributed by atoms with E-state index in [-0.39, 0.29) is 0 Å². The number of hydrazone groups is 1. The topological polar surface area (TPSA) is 57.2 Å². The predicted molar refractivity (Wildman–Crippen MR) is 67.9 cm³/mol. The van der Waals surface area contributed by atoms with Crippen LogP contribution >= 0.6 is 0 Å².